The zero-order chi connectivity index (χ0) is 15.5. The van der Waals surface area contributed by atoms with Crippen molar-refractivity contribution in [1.29, 1.82) is 0 Å². The molecule has 2 N–H and O–H groups in total. The van der Waals surface area contributed by atoms with Crippen LogP contribution in [-0.2, 0) is 17.8 Å². The lowest BCUT2D eigenvalue weighted by Crippen LogP contribution is -2.45. The summed E-state index contributed by atoms with van der Waals surface area (Å²) >= 11 is 1.37. The molecule has 8 heteroatoms. The van der Waals surface area contributed by atoms with Gasteiger partial charge < -0.3 is 10.6 Å². The van der Waals surface area contributed by atoms with Crippen LogP contribution in [0.1, 0.15) is 44.1 Å². The van der Waals surface area contributed by atoms with Gasteiger partial charge in [-0.05, 0) is 13.3 Å². The Morgan fingerprint density at radius 3 is 3.05 bits per heavy atom. The molecule has 0 bridgehead atoms. The van der Waals surface area contributed by atoms with Gasteiger partial charge in [0.25, 0.3) is 0 Å². The van der Waals surface area contributed by atoms with Crippen LogP contribution in [-0.4, -0.2) is 31.1 Å². The Labute approximate surface area is 133 Å². The van der Waals surface area contributed by atoms with Crippen molar-refractivity contribution in [1.82, 2.24) is 24.5 Å². The van der Waals surface area contributed by atoms with Crippen LogP contribution in [0.5, 0.6) is 0 Å². The summed E-state index contributed by atoms with van der Waals surface area (Å²) in [6, 6.07) is 0.0142. The average Bonchev–Trinajstić information content (AvgIpc) is 3.18. The SMILES string of the molecule is CCc1nsc(N[C@@H]2CCC(=O)N[C@H]2c2cnn(CC)c2)n1. The minimum atomic E-state index is -0.0875. The van der Waals surface area contributed by atoms with Crippen molar-refractivity contribution in [2.45, 2.75) is 51.7 Å². The fraction of sp³-hybridized carbons (Fsp3) is 0.571. The van der Waals surface area contributed by atoms with Gasteiger partial charge in [0, 0.05) is 42.7 Å². The summed E-state index contributed by atoms with van der Waals surface area (Å²) in [4.78, 5) is 16.2. The molecule has 1 aliphatic heterocycles. The average molecular weight is 320 g/mol. The van der Waals surface area contributed by atoms with E-state index >= 15 is 0 Å². The summed E-state index contributed by atoms with van der Waals surface area (Å²) < 4.78 is 6.16. The van der Waals surface area contributed by atoms with E-state index in [1.165, 1.54) is 11.5 Å². The second-order valence-electron chi connectivity index (χ2n) is 5.33. The molecule has 2 aromatic rings. The third-order valence-corrected chi connectivity index (χ3v) is 4.51. The highest BCUT2D eigenvalue weighted by atomic mass is 32.1. The number of hydrogen-bond acceptors (Lipinski definition) is 6. The second-order valence-corrected chi connectivity index (χ2v) is 6.09. The molecular formula is C14H20N6OS. The number of piperidine rings is 1. The molecule has 3 heterocycles. The smallest absolute Gasteiger partial charge is 0.220 e. The lowest BCUT2D eigenvalue weighted by Gasteiger charge is -2.32. The zero-order valence-corrected chi connectivity index (χ0v) is 13.6. The highest BCUT2D eigenvalue weighted by Gasteiger charge is 2.31. The Balaban J connectivity index is 1.78. The first-order chi connectivity index (χ1) is 10.7. The van der Waals surface area contributed by atoms with E-state index in [1.54, 1.807) is 0 Å². The quantitative estimate of drug-likeness (QED) is 0.877. The number of nitrogens with zero attached hydrogens (tertiary/aromatic N) is 4. The number of amides is 1. The van der Waals surface area contributed by atoms with E-state index in [1.807, 2.05) is 30.9 Å². The Bertz CT molecular complexity index is 651. The Hall–Kier alpha value is -1.96. The van der Waals surface area contributed by atoms with Gasteiger partial charge >= 0.3 is 0 Å². The summed E-state index contributed by atoms with van der Waals surface area (Å²) in [5.41, 5.74) is 1.02. The van der Waals surface area contributed by atoms with E-state index in [9.17, 15) is 4.79 Å². The monoisotopic (exact) mass is 320 g/mol. The summed E-state index contributed by atoms with van der Waals surface area (Å²) in [6.45, 7) is 4.89. The molecule has 22 heavy (non-hydrogen) atoms. The van der Waals surface area contributed by atoms with Crippen molar-refractivity contribution < 1.29 is 4.79 Å². The minimum absolute atomic E-state index is 0.0822. The van der Waals surface area contributed by atoms with Crippen LogP contribution in [0.25, 0.3) is 0 Å². The predicted molar refractivity (Wildman–Crippen MR) is 84.7 cm³/mol. The van der Waals surface area contributed by atoms with Crippen LogP contribution in [0.2, 0.25) is 0 Å². The summed E-state index contributed by atoms with van der Waals surface area (Å²) in [5, 5.41) is 11.6. The minimum Gasteiger partial charge on any atom is -0.355 e. The molecule has 3 rings (SSSR count). The summed E-state index contributed by atoms with van der Waals surface area (Å²) in [6.07, 6.45) is 5.94. The molecule has 1 amide bonds. The number of aromatic nitrogens is 4. The molecule has 0 aromatic carbocycles. The maximum atomic E-state index is 11.8. The number of anilines is 1. The number of nitrogens with one attached hydrogen (secondary N) is 2. The molecular weight excluding hydrogens is 300 g/mol. The van der Waals surface area contributed by atoms with E-state index in [-0.39, 0.29) is 18.0 Å². The van der Waals surface area contributed by atoms with Gasteiger partial charge in [-0.15, -0.1) is 0 Å². The Morgan fingerprint density at radius 1 is 1.50 bits per heavy atom. The first kappa shape index (κ1) is 15.0. The van der Waals surface area contributed by atoms with Gasteiger partial charge in [0.15, 0.2) is 0 Å². The highest BCUT2D eigenvalue weighted by Crippen LogP contribution is 2.27. The molecule has 0 unspecified atom stereocenters. The van der Waals surface area contributed by atoms with Gasteiger partial charge in [0.2, 0.25) is 11.0 Å². The molecule has 0 saturated carbocycles. The fourth-order valence-electron chi connectivity index (χ4n) is 2.60. The van der Waals surface area contributed by atoms with Gasteiger partial charge in [-0.25, -0.2) is 4.98 Å². The van der Waals surface area contributed by atoms with Crippen LogP contribution in [0.15, 0.2) is 12.4 Å². The molecule has 2 aromatic heterocycles. The van der Waals surface area contributed by atoms with Crippen molar-refractivity contribution in [3.63, 3.8) is 0 Å². The summed E-state index contributed by atoms with van der Waals surface area (Å²) in [7, 11) is 0. The van der Waals surface area contributed by atoms with Gasteiger partial charge in [0.1, 0.15) is 5.82 Å². The molecule has 1 saturated heterocycles. The number of carbonyl (C=O) groups is 1. The van der Waals surface area contributed by atoms with Crippen molar-refractivity contribution >= 4 is 22.6 Å². The number of carbonyl (C=O) groups excluding carboxylic acids is 1. The van der Waals surface area contributed by atoms with Gasteiger partial charge in [-0.3, -0.25) is 9.48 Å². The van der Waals surface area contributed by atoms with Gasteiger partial charge in [-0.1, -0.05) is 6.92 Å². The van der Waals surface area contributed by atoms with Gasteiger partial charge in [-0.2, -0.15) is 9.47 Å². The van der Waals surface area contributed by atoms with Crippen molar-refractivity contribution in [3.8, 4) is 0 Å². The fourth-order valence-corrected chi connectivity index (χ4v) is 3.31. The van der Waals surface area contributed by atoms with E-state index < -0.39 is 0 Å². The molecule has 0 radical (unpaired) electrons. The highest BCUT2D eigenvalue weighted by molar-refractivity contribution is 7.09. The van der Waals surface area contributed by atoms with E-state index in [2.05, 4.69) is 25.1 Å². The van der Waals surface area contributed by atoms with Crippen LogP contribution in [0, 0.1) is 0 Å². The Morgan fingerprint density at radius 2 is 2.36 bits per heavy atom. The lowest BCUT2D eigenvalue weighted by atomic mass is 9.94. The third-order valence-electron chi connectivity index (χ3n) is 3.83. The zero-order valence-electron chi connectivity index (χ0n) is 12.7. The molecule has 0 spiro atoms. The third kappa shape index (κ3) is 3.11. The molecule has 0 aliphatic carbocycles. The predicted octanol–water partition coefficient (Wildman–Crippen LogP) is 1.75. The number of rotatable bonds is 5. The summed E-state index contributed by atoms with van der Waals surface area (Å²) in [5.74, 6) is 0.932. The van der Waals surface area contributed by atoms with Crippen LogP contribution < -0.4 is 10.6 Å². The lowest BCUT2D eigenvalue weighted by molar-refractivity contribution is -0.123. The van der Waals surface area contributed by atoms with Gasteiger partial charge in [0.05, 0.1) is 18.3 Å². The maximum Gasteiger partial charge on any atom is 0.220 e. The number of hydrogen-bond donors (Lipinski definition) is 2. The second kappa shape index (κ2) is 6.43. The normalized spacial score (nSPS) is 21.6. The largest absolute Gasteiger partial charge is 0.355 e. The van der Waals surface area contributed by atoms with Crippen LogP contribution >= 0.6 is 11.5 Å². The van der Waals surface area contributed by atoms with E-state index in [0.29, 0.717) is 6.42 Å². The Kier molecular flexibility index (Phi) is 4.37. The van der Waals surface area contributed by atoms with E-state index in [4.69, 9.17) is 0 Å². The standard InChI is InChI=1S/C14H20N6OS/c1-3-11-17-14(22-19-11)16-10-5-6-12(21)18-13(10)9-7-15-20(4-2)8-9/h7-8,10,13H,3-6H2,1-2H3,(H,18,21)(H,16,17,19)/t10-,13+/m1/s1. The topological polar surface area (TPSA) is 84.7 Å². The number of aryl methyl sites for hydroxylation is 2. The van der Waals surface area contributed by atoms with Crippen LogP contribution in [0.3, 0.4) is 0 Å². The molecule has 7 nitrogen and oxygen atoms in total. The first-order valence-electron chi connectivity index (χ1n) is 7.60. The van der Waals surface area contributed by atoms with Crippen molar-refractivity contribution in [2.24, 2.45) is 0 Å². The van der Waals surface area contributed by atoms with E-state index in [0.717, 1.165) is 35.9 Å². The maximum absolute atomic E-state index is 11.8. The molecule has 118 valence electrons. The van der Waals surface area contributed by atoms with Crippen molar-refractivity contribution in [2.75, 3.05) is 5.32 Å². The first-order valence-corrected chi connectivity index (χ1v) is 8.37. The molecule has 2 atom stereocenters. The molecule has 1 fully saturated rings. The van der Waals surface area contributed by atoms with Crippen LogP contribution in [0.4, 0.5) is 5.13 Å². The molecule has 1 aliphatic rings. The van der Waals surface area contributed by atoms with Crippen molar-refractivity contribution in [3.05, 3.63) is 23.8 Å².